The summed E-state index contributed by atoms with van der Waals surface area (Å²) in [6.45, 7) is 0. The highest BCUT2D eigenvalue weighted by atomic mass is 32.2. The van der Waals surface area contributed by atoms with Crippen molar-refractivity contribution in [2.45, 2.75) is 4.90 Å². The average Bonchev–Trinajstić information content (AvgIpc) is 2.39. The molecule has 0 aliphatic rings. The van der Waals surface area contributed by atoms with Crippen LogP contribution in [0, 0.1) is 5.82 Å². The fourth-order valence-electron chi connectivity index (χ4n) is 1.63. The fraction of sp³-hybridized carbons (Fsp3) is 0.0714. The highest BCUT2D eigenvalue weighted by Gasteiger charge is 2.13. The average molecular weight is 277 g/mol. The molecular formula is C14H12FNO2S. The molecule has 0 heterocycles. The summed E-state index contributed by atoms with van der Waals surface area (Å²) in [5.74, 6) is -1.43. The van der Waals surface area contributed by atoms with Crippen molar-refractivity contribution in [1.29, 1.82) is 0 Å². The first-order chi connectivity index (χ1) is 9.11. The van der Waals surface area contributed by atoms with Gasteiger partial charge in [-0.3, -0.25) is 4.79 Å². The van der Waals surface area contributed by atoms with Crippen molar-refractivity contribution in [3.63, 3.8) is 0 Å². The van der Waals surface area contributed by atoms with Crippen LogP contribution in [0.1, 0.15) is 10.4 Å². The van der Waals surface area contributed by atoms with Gasteiger partial charge in [-0.2, -0.15) is 0 Å². The van der Waals surface area contributed by atoms with Crippen LogP contribution in [0.25, 0.3) is 0 Å². The topological polar surface area (TPSA) is 49.3 Å². The molecule has 1 amide bonds. The quantitative estimate of drug-likeness (QED) is 0.844. The van der Waals surface area contributed by atoms with Gasteiger partial charge < -0.3 is 10.4 Å². The van der Waals surface area contributed by atoms with Crippen molar-refractivity contribution in [2.75, 3.05) is 11.6 Å². The Bertz CT molecular complexity index is 616. The molecule has 5 heteroatoms. The number of amides is 1. The maximum Gasteiger partial charge on any atom is 0.259 e. The standard InChI is InChI=1S/C14H12FNO2S/c1-19-13-5-3-2-4-11(13)16-14(18)10-7-6-9(15)8-12(10)17/h2-8,17H,1H3,(H,16,18). The number of aromatic hydroxyl groups is 1. The van der Waals surface area contributed by atoms with Crippen molar-refractivity contribution in [1.82, 2.24) is 0 Å². The Morgan fingerprint density at radius 1 is 1.26 bits per heavy atom. The summed E-state index contributed by atoms with van der Waals surface area (Å²) in [6, 6.07) is 10.6. The van der Waals surface area contributed by atoms with E-state index in [-0.39, 0.29) is 11.3 Å². The molecule has 0 fully saturated rings. The summed E-state index contributed by atoms with van der Waals surface area (Å²) in [5.41, 5.74) is 0.695. The monoisotopic (exact) mass is 277 g/mol. The number of carbonyl (C=O) groups is 1. The number of phenolic OH excluding ortho intramolecular Hbond substituents is 1. The summed E-state index contributed by atoms with van der Waals surface area (Å²) in [6.07, 6.45) is 1.90. The van der Waals surface area contributed by atoms with E-state index in [9.17, 15) is 14.3 Å². The zero-order valence-corrected chi connectivity index (χ0v) is 11.0. The molecule has 0 bridgehead atoms. The number of thioether (sulfide) groups is 1. The maximum absolute atomic E-state index is 12.9. The molecule has 0 aliphatic carbocycles. The van der Waals surface area contributed by atoms with Crippen LogP contribution in [0.3, 0.4) is 0 Å². The van der Waals surface area contributed by atoms with Crippen molar-refractivity contribution < 1.29 is 14.3 Å². The fourth-order valence-corrected chi connectivity index (χ4v) is 2.19. The Morgan fingerprint density at radius 3 is 2.68 bits per heavy atom. The molecule has 0 saturated heterocycles. The van der Waals surface area contributed by atoms with Crippen LogP contribution in [-0.4, -0.2) is 17.3 Å². The Morgan fingerprint density at radius 2 is 2.00 bits per heavy atom. The normalized spacial score (nSPS) is 10.2. The number of hydrogen-bond acceptors (Lipinski definition) is 3. The largest absolute Gasteiger partial charge is 0.507 e. The van der Waals surface area contributed by atoms with Crippen molar-refractivity contribution in [3.8, 4) is 5.75 Å². The lowest BCUT2D eigenvalue weighted by Gasteiger charge is -2.10. The van der Waals surface area contributed by atoms with Gasteiger partial charge in [-0.25, -0.2) is 4.39 Å². The molecule has 2 aromatic rings. The minimum absolute atomic E-state index is 0.0392. The van der Waals surface area contributed by atoms with E-state index in [1.54, 1.807) is 12.1 Å². The third-order valence-corrected chi connectivity index (χ3v) is 3.36. The first-order valence-corrected chi connectivity index (χ1v) is 6.77. The Kier molecular flexibility index (Phi) is 4.06. The van der Waals surface area contributed by atoms with Gasteiger partial charge in [0.15, 0.2) is 0 Å². The number of nitrogens with one attached hydrogen (secondary N) is 1. The van der Waals surface area contributed by atoms with E-state index in [0.29, 0.717) is 5.69 Å². The van der Waals surface area contributed by atoms with Crippen LogP contribution in [0.15, 0.2) is 47.4 Å². The van der Waals surface area contributed by atoms with E-state index >= 15 is 0 Å². The van der Waals surface area contributed by atoms with E-state index in [4.69, 9.17) is 0 Å². The second-order valence-electron chi connectivity index (χ2n) is 3.82. The first kappa shape index (κ1) is 13.4. The number of anilines is 1. The second-order valence-corrected chi connectivity index (χ2v) is 4.66. The van der Waals surface area contributed by atoms with Gasteiger partial charge in [0, 0.05) is 11.0 Å². The number of rotatable bonds is 3. The van der Waals surface area contributed by atoms with Gasteiger partial charge in [-0.15, -0.1) is 11.8 Å². The van der Waals surface area contributed by atoms with E-state index < -0.39 is 11.7 Å². The predicted octanol–water partition coefficient (Wildman–Crippen LogP) is 3.51. The molecule has 0 aliphatic heterocycles. The van der Waals surface area contributed by atoms with Gasteiger partial charge >= 0.3 is 0 Å². The number of halogens is 1. The van der Waals surface area contributed by atoms with E-state index in [2.05, 4.69) is 5.32 Å². The lowest BCUT2D eigenvalue weighted by molar-refractivity contribution is 0.102. The van der Waals surface area contributed by atoms with E-state index in [1.165, 1.54) is 17.8 Å². The van der Waals surface area contributed by atoms with Crippen molar-refractivity contribution in [2.24, 2.45) is 0 Å². The number of hydrogen-bond donors (Lipinski definition) is 2. The summed E-state index contributed by atoms with van der Waals surface area (Å²) in [4.78, 5) is 12.9. The summed E-state index contributed by atoms with van der Waals surface area (Å²) in [5, 5.41) is 12.3. The second kappa shape index (κ2) is 5.75. The van der Waals surface area contributed by atoms with Crippen LogP contribution >= 0.6 is 11.8 Å². The van der Waals surface area contributed by atoms with Crippen molar-refractivity contribution in [3.05, 3.63) is 53.8 Å². The lowest BCUT2D eigenvalue weighted by atomic mass is 10.2. The van der Waals surface area contributed by atoms with Gasteiger partial charge in [0.25, 0.3) is 5.91 Å². The third-order valence-electron chi connectivity index (χ3n) is 2.56. The number of carbonyl (C=O) groups excluding carboxylic acids is 1. The minimum atomic E-state index is -0.585. The van der Waals surface area contributed by atoms with Crippen LogP contribution in [0.5, 0.6) is 5.75 Å². The molecule has 0 spiro atoms. The van der Waals surface area contributed by atoms with Crippen molar-refractivity contribution >= 4 is 23.4 Å². The summed E-state index contributed by atoms with van der Waals surface area (Å²) >= 11 is 1.50. The van der Waals surface area contributed by atoms with E-state index in [1.807, 2.05) is 18.4 Å². The van der Waals surface area contributed by atoms with E-state index in [0.717, 1.165) is 17.0 Å². The van der Waals surface area contributed by atoms with Crippen LogP contribution in [0.4, 0.5) is 10.1 Å². The number of phenols is 1. The SMILES string of the molecule is CSc1ccccc1NC(=O)c1ccc(F)cc1O. The molecule has 3 nitrogen and oxygen atoms in total. The zero-order valence-electron chi connectivity index (χ0n) is 10.2. The smallest absolute Gasteiger partial charge is 0.259 e. The van der Waals surface area contributed by atoms with Gasteiger partial charge in [0.05, 0.1) is 11.3 Å². The summed E-state index contributed by atoms with van der Waals surface area (Å²) in [7, 11) is 0. The third kappa shape index (κ3) is 3.06. The Balaban J connectivity index is 2.26. The molecule has 98 valence electrons. The molecule has 19 heavy (non-hydrogen) atoms. The molecule has 2 rings (SSSR count). The van der Waals surface area contributed by atoms with Crippen LogP contribution in [0.2, 0.25) is 0 Å². The highest BCUT2D eigenvalue weighted by Crippen LogP contribution is 2.26. The Hall–Kier alpha value is -2.01. The van der Waals surface area contributed by atoms with Gasteiger partial charge in [-0.1, -0.05) is 12.1 Å². The number of benzene rings is 2. The van der Waals surface area contributed by atoms with Crippen LogP contribution in [-0.2, 0) is 0 Å². The predicted molar refractivity (Wildman–Crippen MR) is 74.2 cm³/mol. The minimum Gasteiger partial charge on any atom is -0.507 e. The molecule has 0 aromatic heterocycles. The molecule has 0 radical (unpaired) electrons. The lowest BCUT2D eigenvalue weighted by Crippen LogP contribution is -2.12. The van der Waals surface area contributed by atoms with Gasteiger partial charge in [0.1, 0.15) is 11.6 Å². The molecule has 0 atom stereocenters. The molecule has 0 unspecified atom stereocenters. The highest BCUT2D eigenvalue weighted by molar-refractivity contribution is 7.98. The molecular weight excluding hydrogens is 265 g/mol. The molecule has 2 aromatic carbocycles. The van der Waals surface area contributed by atoms with Gasteiger partial charge in [-0.05, 0) is 30.5 Å². The van der Waals surface area contributed by atoms with Gasteiger partial charge in [0.2, 0.25) is 0 Å². The molecule has 0 saturated carbocycles. The number of para-hydroxylation sites is 1. The first-order valence-electron chi connectivity index (χ1n) is 5.54. The Labute approximate surface area is 114 Å². The zero-order chi connectivity index (χ0) is 13.8. The van der Waals surface area contributed by atoms with Crippen LogP contribution < -0.4 is 5.32 Å². The molecule has 2 N–H and O–H groups in total. The maximum atomic E-state index is 12.9. The summed E-state index contributed by atoms with van der Waals surface area (Å²) < 4.78 is 12.9.